The highest BCUT2D eigenvalue weighted by Crippen LogP contribution is 2.26. The second-order valence-electron chi connectivity index (χ2n) is 7.05. The Hall–Kier alpha value is -2.63. The van der Waals surface area contributed by atoms with Crippen LogP contribution in [0.2, 0.25) is 5.02 Å². The van der Waals surface area contributed by atoms with Crippen LogP contribution in [0.25, 0.3) is 11.3 Å². The molecule has 0 unspecified atom stereocenters. The Morgan fingerprint density at radius 1 is 1.03 bits per heavy atom. The lowest BCUT2D eigenvalue weighted by molar-refractivity contribution is 0.340. The van der Waals surface area contributed by atoms with Gasteiger partial charge in [0.15, 0.2) is 0 Å². The van der Waals surface area contributed by atoms with Crippen molar-refractivity contribution in [2.24, 2.45) is 0 Å². The Balaban J connectivity index is 1.68. The average Bonchev–Trinajstić information content (AvgIpc) is 2.73. The van der Waals surface area contributed by atoms with Crippen molar-refractivity contribution in [2.75, 3.05) is 11.9 Å². The summed E-state index contributed by atoms with van der Waals surface area (Å²) in [6, 6.07) is 16.5. The standard InChI is InChI=1S/C23H27ClN4O/c1-4-29-22-9-8-18(13-20(22)24)15-27-23-25-11-10-21(28-23)19-7-5-6-17(12-19)14-26-16(2)3/h5-13,16,26H,4,14-15H2,1-3H3,(H,25,27,28). The molecule has 0 aliphatic heterocycles. The van der Waals surface area contributed by atoms with Gasteiger partial charge in [-0.3, -0.25) is 0 Å². The first-order valence-corrected chi connectivity index (χ1v) is 10.2. The van der Waals surface area contributed by atoms with Crippen molar-refractivity contribution < 1.29 is 4.74 Å². The molecule has 6 heteroatoms. The van der Waals surface area contributed by atoms with E-state index in [4.69, 9.17) is 16.3 Å². The van der Waals surface area contributed by atoms with Crippen molar-refractivity contribution in [3.8, 4) is 17.0 Å². The Morgan fingerprint density at radius 2 is 1.86 bits per heavy atom. The third-order valence-electron chi connectivity index (χ3n) is 4.34. The van der Waals surface area contributed by atoms with E-state index in [-0.39, 0.29) is 0 Å². The van der Waals surface area contributed by atoms with Crippen LogP contribution in [-0.2, 0) is 13.1 Å². The summed E-state index contributed by atoms with van der Waals surface area (Å²) in [4.78, 5) is 9.00. The van der Waals surface area contributed by atoms with Crippen LogP contribution in [0.1, 0.15) is 31.9 Å². The number of aromatic nitrogens is 2. The van der Waals surface area contributed by atoms with Gasteiger partial charge in [-0.1, -0.05) is 49.7 Å². The number of hydrogen-bond acceptors (Lipinski definition) is 5. The van der Waals surface area contributed by atoms with Crippen LogP contribution < -0.4 is 15.4 Å². The van der Waals surface area contributed by atoms with Gasteiger partial charge in [0.2, 0.25) is 5.95 Å². The third kappa shape index (κ3) is 6.17. The van der Waals surface area contributed by atoms with E-state index in [1.165, 1.54) is 5.56 Å². The van der Waals surface area contributed by atoms with Crippen molar-refractivity contribution in [2.45, 2.75) is 39.9 Å². The minimum absolute atomic E-state index is 0.449. The number of rotatable bonds is 9. The van der Waals surface area contributed by atoms with Crippen molar-refractivity contribution in [1.82, 2.24) is 15.3 Å². The number of hydrogen-bond donors (Lipinski definition) is 2. The summed E-state index contributed by atoms with van der Waals surface area (Å²) in [5.74, 6) is 1.28. The molecule has 0 spiro atoms. The molecule has 2 aromatic carbocycles. The summed E-state index contributed by atoms with van der Waals surface area (Å²) in [7, 11) is 0. The maximum absolute atomic E-state index is 6.27. The van der Waals surface area contributed by atoms with Gasteiger partial charge in [0.05, 0.1) is 17.3 Å². The normalized spacial score (nSPS) is 10.9. The van der Waals surface area contributed by atoms with Crippen molar-refractivity contribution >= 4 is 17.5 Å². The molecule has 3 rings (SSSR count). The molecular weight excluding hydrogens is 384 g/mol. The molecule has 5 nitrogen and oxygen atoms in total. The van der Waals surface area contributed by atoms with E-state index in [2.05, 4.69) is 58.7 Å². The van der Waals surface area contributed by atoms with Gasteiger partial charge >= 0.3 is 0 Å². The number of halogens is 1. The SMILES string of the molecule is CCOc1ccc(CNc2nccc(-c3cccc(CNC(C)C)c3)n2)cc1Cl. The molecule has 152 valence electrons. The van der Waals surface area contributed by atoms with Crippen LogP contribution in [0.4, 0.5) is 5.95 Å². The van der Waals surface area contributed by atoms with Crippen LogP contribution in [0.15, 0.2) is 54.7 Å². The lowest BCUT2D eigenvalue weighted by atomic mass is 10.1. The van der Waals surface area contributed by atoms with E-state index in [0.717, 1.165) is 23.4 Å². The molecule has 2 N–H and O–H groups in total. The van der Waals surface area contributed by atoms with Crippen LogP contribution in [0.3, 0.4) is 0 Å². The molecule has 3 aromatic rings. The summed E-state index contributed by atoms with van der Waals surface area (Å²) in [6.45, 7) is 8.22. The van der Waals surface area contributed by atoms with E-state index in [0.29, 0.717) is 35.9 Å². The first-order valence-electron chi connectivity index (χ1n) is 9.86. The Morgan fingerprint density at radius 3 is 2.62 bits per heavy atom. The summed E-state index contributed by atoms with van der Waals surface area (Å²) in [5.41, 5.74) is 4.23. The Bertz CT molecular complexity index is 946. The molecule has 0 bridgehead atoms. The highest BCUT2D eigenvalue weighted by Gasteiger charge is 2.06. The van der Waals surface area contributed by atoms with Crippen molar-refractivity contribution in [3.05, 3.63) is 70.9 Å². The highest BCUT2D eigenvalue weighted by atomic mass is 35.5. The molecule has 0 amide bonds. The third-order valence-corrected chi connectivity index (χ3v) is 4.63. The summed E-state index contributed by atoms with van der Waals surface area (Å²) in [5, 5.41) is 7.32. The molecule has 0 aliphatic carbocycles. The maximum Gasteiger partial charge on any atom is 0.223 e. The summed E-state index contributed by atoms with van der Waals surface area (Å²) < 4.78 is 5.48. The fourth-order valence-electron chi connectivity index (χ4n) is 2.88. The number of ether oxygens (including phenoxy) is 1. The second-order valence-corrected chi connectivity index (χ2v) is 7.46. The molecule has 0 radical (unpaired) electrons. The minimum atomic E-state index is 0.449. The van der Waals surface area contributed by atoms with Gasteiger partial charge in [-0.2, -0.15) is 0 Å². The molecule has 0 atom stereocenters. The van der Waals surface area contributed by atoms with E-state index in [1.54, 1.807) is 6.20 Å². The average molecular weight is 411 g/mol. The van der Waals surface area contributed by atoms with Gasteiger partial charge < -0.3 is 15.4 Å². The number of nitrogens with zero attached hydrogens (tertiary/aromatic N) is 2. The molecule has 29 heavy (non-hydrogen) atoms. The van der Waals surface area contributed by atoms with Gasteiger partial charge in [0.25, 0.3) is 0 Å². The van der Waals surface area contributed by atoms with Gasteiger partial charge in [0, 0.05) is 30.9 Å². The quantitative estimate of drug-likeness (QED) is 0.500. The van der Waals surface area contributed by atoms with Gasteiger partial charge in [-0.15, -0.1) is 0 Å². The monoisotopic (exact) mass is 410 g/mol. The molecule has 0 fully saturated rings. The molecule has 1 heterocycles. The molecule has 1 aromatic heterocycles. The van der Waals surface area contributed by atoms with E-state index < -0.39 is 0 Å². The van der Waals surface area contributed by atoms with Crippen LogP contribution >= 0.6 is 11.6 Å². The fraction of sp³-hybridized carbons (Fsp3) is 0.304. The Labute approximate surface area is 177 Å². The number of benzene rings is 2. The number of anilines is 1. The zero-order valence-corrected chi connectivity index (χ0v) is 17.8. The minimum Gasteiger partial charge on any atom is -0.492 e. The lowest BCUT2D eigenvalue weighted by Crippen LogP contribution is -2.21. The van der Waals surface area contributed by atoms with Gasteiger partial charge in [-0.05, 0) is 42.3 Å². The van der Waals surface area contributed by atoms with E-state index in [1.807, 2.05) is 31.2 Å². The second kappa shape index (κ2) is 10.2. The largest absolute Gasteiger partial charge is 0.492 e. The summed E-state index contributed by atoms with van der Waals surface area (Å²) >= 11 is 6.27. The maximum atomic E-state index is 6.27. The van der Waals surface area contributed by atoms with Crippen LogP contribution in [0, 0.1) is 0 Å². The lowest BCUT2D eigenvalue weighted by Gasteiger charge is -2.11. The molecular formula is C23H27ClN4O. The highest BCUT2D eigenvalue weighted by molar-refractivity contribution is 6.32. The zero-order chi connectivity index (χ0) is 20.6. The summed E-state index contributed by atoms with van der Waals surface area (Å²) in [6.07, 6.45) is 1.77. The van der Waals surface area contributed by atoms with Gasteiger partial charge in [0.1, 0.15) is 5.75 Å². The zero-order valence-electron chi connectivity index (χ0n) is 17.1. The van der Waals surface area contributed by atoms with E-state index >= 15 is 0 Å². The predicted molar refractivity (Wildman–Crippen MR) is 119 cm³/mol. The molecule has 0 saturated heterocycles. The molecule has 0 saturated carbocycles. The topological polar surface area (TPSA) is 59.1 Å². The predicted octanol–water partition coefficient (Wildman–Crippen LogP) is 5.31. The fourth-order valence-corrected chi connectivity index (χ4v) is 3.13. The van der Waals surface area contributed by atoms with Crippen LogP contribution in [-0.4, -0.2) is 22.6 Å². The van der Waals surface area contributed by atoms with Crippen LogP contribution in [0.5, 0.6) is 5.75 Å². The first kappa shape index (κ1) is 21.1. The van der Waals surface area contributed by atoms with Crippen molar-refractivity contribution in [3.63, 3.8) is 0 Å². The van der Waals surface area contributed by atoms with Gasteiger partial charge in [-0.25, -0.2) is 9.97 Å². The van der Waals surface area contributed by atoms with Crippen molar-refractivity contribution in [1.29, 1.82) is 0 Å². The smallest absolute Gasteiger partial charge is 0.223 e. The van der Waals surface area contributed by atoms with E-state index in [9.17, 15) is 0 Å². The number of nitrogens with one attached hydrogen (secondary N) is 2. The first-order chi connectivity index (χ1) is 14.0. The Kier molecular flexibility index (Phi) is 7.44. The molecule has 0 aliphatic rings.